The van der Waals surface area contributed by atoms with Crippen LogP contribution in [0.25, 0.3) is 10.4 Å². The number of halogens is 2. The fourth-order valence-corrected chi connectivity index (χ4v) is 2.71. The fraction of sp³-hybridized carbons (Fsp3) is 0.786. The number of alkyl halides is 2. The minimum absolute atomic E-state index is 0.211. The maximum atomic E-state index is 13.4. The highest BCUT2D eigenvalue weighted by atomic mass is 19.3. The molecule has 1 heterocycles. The van der Waals surface area contributed by atoms with E-state index >= 15 is 0 Å². The van der Waals surface area contributed by atoms with E-state index in [4.69, 9.17) is 19.7 Å². The predicted octanol–water partition coefficient (Wildman–Crippen LogP) is 1.29. The van der Waals surface area contributed by atoms with Crippen molar-refractivity contribution in [3.05, 3.63) is 10.4 Å². The Morgan fingerprint density at radius 1 is 1.27 bits per heavy atom. The van der Waals surface area contributed by atoms with E-state index in [0.29, 0.717) is 0 Å². The Kier molecular flexibility index (Phi) is 7.28. The van der Waals surface area contributed by atoms with E-state index in [1.165, 1.54) is 13.8 Å². The number of hydrogen-bond donors (Lipinski definition) is 1. The summed E-state index contributed by atoms with van der Waals surface area (Å²) in [5, 5.41) is 4.21. The summed E-state index contributed by atoms with van der Waals surface area (Å²) in [5.74, 6) is -3.69. The highest BCUT2D eigenvalue weighted by Gasteiger charge is 2.47. The standard InChI is InChI=1S/C14H20F2N4O6/c1-6-11(18-13(23)14(15,16)19-20-17)7(2)25-10(5-24-8(3)21)12(6)26-9(4)22/h6-7,10-12H,5H2,1-4H3,(H,18,23)/t6-,7?,10?,11?,12-/m1/s1. The van der Waals surface area contributed by atoms with Crippen LogP contribution in [0.1, 0.15) is 27.7 Å². The number of rotatable bonds is 6. The van der Waals surface area contributed by atoms with Crippen LogP contribution in [0, 0.1) is 5.92 Å². The Morgan fingerprint density at radius 3 is 2.38 bits per heavy atom. The lowest BCUT2D eigenvalue weighted by Gasteiger charge is -2.44. The number of amides is 1. The van der Waals surface area contributed by atoms with Crippen molar-refractivity contribution < 1.29 is 37.4 Å². The first kappa shape index (κ1) is 21.6. The summed E-state index contributed by atoms with van der Waals surface area (Å²) >= 11 is 0. The maximum absolute atomic E-state index is 13.4. The lowest BCUT2D eigenvalue weighted by atomic mass is 9.85. The van der Waals surface area contributed by atoms with Crippen molar-refractivity contribution in [3.63, 3.8) is 0 Å². The number of carbonyl (C=O) groups excluding carboxylic acids is 3. The Balaban J connectivity index is 2.98. The van der Waals surface area contributed by atoms with Gasteiger partial charge in [0.2, 0.25) is 0 Å². The predicted molar refractivity (Wildman–Crippen MR) is 81.7 cm³/mol. The van der Waals surface area contributed by atoms with Crippen molar-refractivity contribution in [2.45, 2.75) is 58.1 Å². The third kappa shape index (κ3) is 5.53. The van der Waals surface area contributed by atoms with Gasteiger partial charge < -0.3 is 19.5 Å². The van der Waals surface area contributed by atoms with Crippen LogP contribution in [0.5, 0.6) is 0 Å². The number of nitrogens with one attached hydrogen (secondary N) is 1. The van der Waals surface area contributed by atoms with Gasteiger partial charge in [0.1, 0.15) is 18.8 Å². The molecule has 26 heavy (non-hydrogen) atoms. The van der Waals surface area contributed by atoms with Gasteiger partial charge in [-0.25, -0.2) is 0 Å². The monoisotopic (exact) mass is 378 g/mol. The third-order valence-electron chi connectivity index (χ3n) is 3.84. The van der Waals surface area contributed by atoms with E-state index in [2.05, 4.69) is 10.4 Å². The van der Waals surface area contributed by atoms with Crippen LogP contribution in [-0.4, -0.2) is 54.9 Å². The van der Waals surface area contributed by atoms with Crippen molar-refractivity contribution in [1.82, 2.24) is 5.32 Å². The molecule has 0 aliphatic carbocycles. The molecule has 1 aliphatic heterocycles. The molecule has 0 aromatic heterocycles. The first-order valence-corrected chi connectivity index (χ1v) is 7.70. The van der Waals surface area contributed by atoms with Gasteiger partial charge in [0.05, 0.1) is 12.1 Å². The van der Waals surface area contributed by atoms with Gasteiger partial charge in [0.15, 0.2) is 0 Å². The molecule has 5 atom stereocenters. The summed E-state index contributed by atoms with van der Waals surface area (Å²) < 4.78 is 42.4. The molecule has 0 bridgehead atoms. The van der Waals surface area contributed by atoms with Gasteiger partial charge in [-0.3, -0.25) is 14.4 Å². The summed E-state index contributed by atoms with van der Waals surface area (Å²) in [6.07, 6.45) is -2.57. The number of carbonyl (C=O) groups is 3. The van der Waals surface area contributed by atoms with Crippen LogP contribution in [0.15, 0.2) is 5.11 Å². The molecule has 0 spiro atoms. The summed E-state index contributed by atoms with van der Waals surface area (Å²) in [6, 6.07) is -5.25. The zero-order valence-electron chi connectivity index (χ0n) is 14.6. The molecular formula is C14H20F2N4O6. The van der Waals surface area contributed by atoms with Gasteiger partial charge in [-0.1, -0.05) is 6.92 Å². The van der Waals surface area contributed by atoms with Crippen LogP contribution in [0.2, 0.25) is 0 Å². The average molecular weight is 378 g/mol. The summed E-state index contributed by atoms with van der Waals surface area (Å²) in [5.41, 5.74) is 8.12. The van der Waals surface area contributed by atoms with Crippen molar-refractivity contribution in [3.8, 4) is 0 Å². The average Bonchev–Trinajstić information content (AvgIpc) is 2.51. The van der Waals surface area contributed by atoms with E-state index in [9.17, 15) is 23.2 Å². The van der Waals surface area contributed by atoms with Gasteiger partial charge in [-0.15, -0.1) is 0 Å². The van der Waals surface area contributed by atoms with Gasteiger partial charge in [-0.2, -0.15) is 8.78 Å². The molecule has 1 rings (SSSR count). The molecule has 3 unspecified atom stereocenters. The summed E-state index contributed by atoms with van der Waals surface area (Å²) in [4.78, 5) is 36.0. The highest BCUT2D eigenvalue weighted by Crippen LogP contribution is 2.29. The molecule has 12 heteroatoms. The number of ether oxygens (including phenoxy) is 3. The van der Waals surface area contributed by atoms with Crippen molar-refractivity contribution >= 4 is 17.8 Å². The molecule has 1 aliphatic rings. The topological polar surface area (TPSA) is 140 Å². The van der Waals surface area contributed by atoms with Gasteiger partial charge >= 0.3 is 18.0 Å². The lowest BCUT2D eigenvalue weighted by molar-refractivity contribution is -0.198. The first-order chi connectivity index (χ1) is 12.0. The summed E-state index contributed by atoms with van der Waals surface area (Å²) in [6.45, 7) is 5.20. The van der Waals surface area contributed by atoms with Crippen LogP contribution in [0.4, 0.5) is 8.78 Å². The molecule has 0 radical (unpaired) electrons. The molecule has 1 fully saturated rings. The zero-order valence-corrected chi connectivity index (χ0v) is 14.6. The molecule has 146 valence electrons. The second-order valence-corrected chi connectivity index (χ2v) is 5.85. The van der Waals surface area contributed by atoms with Gasteiger partial charge in [-0.05, 0) is 17.6 Å². The molecule has 1 amide bonds. The lowest BCUT2D eigenvalue weighted by Crippen LogP contribution is -2.62. The van der Waals surface area contributed by atoms with Crippen molar-refractivity contribution in [1.29, 1.82) is 0 Å². The third-order valence-corrected chi connectivity index (χ3v) is 3.84. The van der Waals surface area contributed by atoms with E-state index in [1.54, 1.807) is 6.92 Å². The molecule has 10 nitrogen and oxygen atoms in total. The molecule has 1 saturated heterocycles. The maximum Gasteiger partial charge on any atom is 0.401 e. The zero-order chi connectivity index (χ0) is 20.1. The van der Waals surface area contributed by atoms with Crippen LogP contribution in [0.3, 0.4) is 0 Å². The van der Waals surface area contributed by atoms with Crippen LogP contribution < -0.4 is 5.32 Å². The first-order valence-electron chi connectivity index (χ1n) is 7.70. The molecule has 0 aromatic carbocycles. The summed E-state index contributed by atoms with van der Waals surface area (Å²) in [7, 11) is 0. The molecular weight excluding hydrogens is 358 g/mol. The fourth-order valence-electron chi connectivity index (χ4n) is 2.71. The van der Waals surface area contributed by atoms with Gasteiger partial charge in [0.25, 0.3) is 5.91 Å². The van der Waals surface area contributed by atoms with Crippen LogP contribution in [-0.2, 0) is 28.6 Å². The Bertz CT molecular complexity index is 610. The largest absolute Gasteiger partial charge is 0.463 e. The molecule has 0 saturated carbocycles. The second kappa shape index (κ2) is 8.77. The smallest absolute Gasteiger partial charge is 0.401 e. The number of azide groups is 1. The quantitative estimate of drug-likeness (QED) is 0.243. The molecule has 1 N–H and O–H groups in total. The van der Waals surface area contributed by atoms with Gasteiger partial charge in [0, 0.05) is 24.7 Å². The molecule has 0 aromatic rings. The Hall–Kier alpha value is -2.46. The minimum atomic E-state index is -4.28. The minimum Gasteiger partial charge on any atom is -0.463 e. The second-order valence-electron chi connectivity index (χ2n) is 5.85. The van der Waals surface area contributed by atoms with E-state index in [0.717, 1.165) is 6.92 Å². The van der Waals surface area contributed by atoms with E-state index in [1.807, 2.05) is 4.91 Å². The Morgan fingerprint density at radius 2 is 1.88 bits per heavy atom. The highest BCUT2D eigenvalue weighted by molar-refractivity contribution is 5.83. The van der Waals surface area contributed by atoms with Crippen molar-refractivity contribution in [2.75, 3.05) is 6.61 Å². The van der Waals surface area contributed by atoms with E-state index < -0.39 is 54.2 Å². The number of hydrogen-bond acceptors (Lipinski definition) is 7. The van der Waals surface area contributed by atoms with E-state index in [-0.39, 0.29) is 6.61 Å². The van der Waals surface area contributed by atoms with Crippen molar-refractivity contribution in [2.24, 2.45) is 11.0 Å². The number of esters is 2. The number of nitrogens with zero attached hydrogens (tertiary/aromatic N) is 3. The SMILES string of the molecule is CC(=O)OCC1OC(C)C(NC(=O)C(F)(F)N=[N+]=[N-])[C@@H](C)[C@H]1OC(C)=O. The normalized spacial score (nSPS) is 28.5. The van der Waals surface area contributed by atoms with Crippen LogP contribution >= 0.6 is 0 Å². The Labute approximate surface area is 147 Å².